The highest BCUT2D eigenvalue weighted by Crippen LogP contribution is 2.32. The van der Waals surface area contributed by atoms with Crippen LogP contribution in [0, 0.1) is 12.8 Å². The van der Waals surface area contributed by atoms with Crippen molar-refractivity contribution in [3.05, 3.63) is 29.3 Å². The molecule has 0 saturated carbocycles. The molecule has 31 heavy (non-hydrogen) atoms. The maximum Gasteiger partial charge on any atom is 0.412 e. The highest BCUT2D eigenvalue weighted by Gasteiger charge is 2.34. The highest BCUT2D eigenvalue weighted by atomic mass is 16.6. The van der Waals surface area contributed by atoms with E-state index in [1.54, 1.807) is 45.9 Å². The quantitative estimate of drug-likeness (QED) is 0.486. The molecule has 0 radical (unpaired) electrons. The van der Waals surface area contributed by atoms with Gasteiger partial charge in [-0.3, -0.25) is 19.7 Å². The lowest BCUT2D eigenvalue weighted by atomic mass is 9.83. The van der Waals surface area contributed by atoms with E-state index < -0.39 is 41.4 Å². The number of benzene rings is 1. The van der Waals surface area contributed by atoms with Crippen molar-refractivity contribution in [1.29, 1.82) is 0 Å². The van der Waals surface area contributed by atoms with E-state index in [1.165, 1.54) is 21.1 Å². The summed E-state index contributed by atoms with van der Waals surface area (Å²) in [5, 5.41) is 2.68. The van der Waals surface area contributed by atoms with Crippen molar-refractivity contribution in [3.63, 3.8) is 0 Å². The normalized spacial score (nSPS) is 12.9. The van der Waals surface area contributed by atoms with Crippen molar-refractivity contribution in [2.75, 3.05) is 26.1 Å². The zero-order chi connectivity index (χ0) is 23.8. The number of rotatable bonds is 8. The summed E-state index contributed by atoms with van der Waals surface area (Å²) in [6.45, 7) is 8.17. The molecule has 0 heterocycles. The van der Waals surface area contributed by atoms with Crippen LogP contribution in [0.25, 0.3) is 0 Å². The smallest absolute Gasteiger partial charge is 0.412 e. The number of methoxy groups -OCH3 is 2. The Morgan fingerprint density at radius 1 is 1.06 bits per heavy atom. The van der Waals surface area contributed by atoms with E-state index in [0.717, 1.165) is 0 Å². The molecule has 9 nitrogen and oxygen atoms in total. The second-order valence-electron chi connectivity index (χ2n) is 8.02. The summed E-state index contributed by atoms with van der Waals surface area (Å²) in [6.07, 6.45) is -0.843. The molecule has 0 spiro atoms. The summed E-state index contributed by atoms with van der Waals surface area (Å²) >= 11 is 0. The van der Waals surface area contributed by atoms with Crippen molar-refractivity contribution in [2.24, 2.45) is 5.92 Å². The van der Waals surface area contributed by atoms with Crippen molar-refractivity contribution in [1.82, 2.24) is 0 Å². The van der Waals surface area contributed by atoms with Crippen LogP contribution in [-0.4, -0.2) is 50.4 Å². The van der Waals surface area contributed by atoms with Gasteiger partial charge in [-0.2, -0.15) is 0 Å². The van der Waals surface area contributed by atoms with Gasteiger partial charge in [0.05, 0.1) is 33.2 Å². The lowest BCUT2D eigenvalue weighted by Crippen LogP contribution is -2.30. The first-order valence-electron chi connectivity index (χ1n) is 9.76. The molecule has 1 rings (SSSR count). The number of amides is 1. The standard InChI is InChI=1S/C22H31NO8/c1-13-10-15(8-9-18(13)23-21(27)31-22(3,4)5)17(12-30-14(2)24)16(20(26)29-7)11-19(25)28-6/h8-10,16-17H,11-12H2,1-7H3,(H,23,27)/t16-,17?/m1/s1. The Labute approximate surface area is 182 Å². The minimum Gasteiger partial charge on any atom is -0.469 e. The fourth-order valence-electron chi connectivity index (χ4n) is 2.93. The third kappa shape index (κ3) is 8.65. The van der Waals surface area contributed by atoms with Crippen LogP contribution in [0.5, 0.6) is 0 Å². The third-order valence-corrected chi connectivity index (χ3v) is 4.38. The third-order valence-electron chi connectivity index (χ3n) is 4.38. The molecule has 1 aromatic carbocycles. The number of anilines is 1. The largest absolute Gasteiger partial charge is 0.469 e. The lowest BCUT2D eigenvalue weighted by molar-refractivity contribution is -0.154. The summed E-state index contributed by atoms with van der Waals surface area (Å²) in [4.78, 5) is 47.7. The van der Waals surface area contributed by atoms with Crippen LogP contribution >= 0.6 is 0 Å². The van der Waals surface area contributed by atoms with Crippen molar-refractivity contribution >= 4 is 29.7 Å². The predicted molar refractivity (Wildman–Crippen MR) is 113 cm³/mol. The number of carbonyl (C=O) groups excluding carboxylic acids is 4. The monoisotopic (exact) mass is 437 g/mol. The zero-order valence-electron chi connectivity index (χ0n) is 19.1. The molecule has 2 atom stereocenters. The Balaban J connectivity index is 3.24. The Bertz CT molecular complexity index is 812. The van der Waals surface area contributed by atoms with E-state index in [-0.39, 0.29) is 13.0 Å². The molecular weight excluding hydrogens is 406 g/mol. The number of carbonyl (C=O) groups is 4. The first kappa shape index (κ1) is 25.9. The topological polar surface area (TPSA) is 117 Å². The van der Waals surface area contributed by atoms with Crippen LogP contribution in [0.1, 0.15) is 51.2 Å². The van der Waals surface area contributed by atoms with Gasteiger partial charge in [0, 0.05) is 18.5 Å². The molecule has 1 amide bonds. The molecule has 0 saturated heterocycles. The first-order valence-corrected chi connectivity index (χ1v) is 9.76. The number of ether oxygens (including phenoxy) is 4. The van der Waals surface area contributed by atoms with E-state index in [1.807, 2.05) is 0 Å². The number of hydrogen-bond donors (Lipinski definition) is 1. The predicted octanol–water partition coefficient (Wildman–Crippen LogP) is 3.34. The lowest BCUT2D eigenvalue weighted by Gasteiger charge is -2.25. The van der Waals surface area contributed by atoms with Crippen LogP contribution < -0.4 is 5.32 Å². The highest BCUT2D eigenvalue weighted by molar-refractivity contribution is 5.86. The van der Waals surface area contributed by atoms with Gasteiger partial charge in [0.25, 0.3) is 0 Å². The second-order valence-corrected chi connectivity index (χ2v) is 8.02. The molecule has 1 aromatic rings. The van der Waals surface area contributed by atoms with Crippen molar-refractivity contribution in [2.45, 2.75) is 52.6 Å². The van der Waals surface area contributed by atoms with Crippen molar-refractivity contribution < 1.29 is 38.1 Å². The maximum absolute atomic E-state index is 12.4. The minimum atomic E-state index is -0.930. The van der Waals surface area contributed by atoms with Crippen LogP contribution in [0.2, 0.25) is 0 Å². The Hall–Kier alpha value is -3.10. The van der Waals surface area contributed by atoms with E-state index in [9.17, 15) is 19.2 Å². The SMILES string of the molecule is COC(=O)C[C@@H](C(=O)OC)C(COC(C)=O)c1ccc(NC(=O)OC(C)(C)C)c(C)c1. The molecule has 1 N–H and O–H groups in total. The van der Waals surface area contributed by atoms with Crippen LogP contribution in [0.15, 0.2) is 18.2 Å². The van der Waals surface area contributed by atoms with Crippen LogP contribution in [0.4, 0.5) is 10.5 Å². The molecule has 0 aromatic heterocycles. The molecule has 0 aliphatic carbocycles. The van der Waals surface area contributed by atoms with Gasteiger partial charge in [0.1, 0.15) is 5.60 Å². The average Bonchev–Trinajstić information content (AvgIpc) is 2.66. The fourth-order valence-corrected chi connectivity index (χ4v) is 2.93. The Morgan fingerprint density at radius 3 is 2.19 bits per heavy atom. The van der Waals surface area contributed by atoms with E-state index in [4.69, 9.17) is 18.9 Å². The van der Waals surface area contributed by atoms with Crippen molar-refractivity contribution in [3.8, 4) is 0 Å². The molecule has 0 fully saturated rings. The van der Waals surface area contributed by atoms with Gasteiger partial charge in [0.2, 0.25) is 0 Å². The van der Waals surface area contributed by atoms with Gasteiger partial charge in [-0.1, -0.05) is 12.1 Å². The Kier molecular flexibility index (Phi) is 9.48. The zero-order valence-corrected chi connectivity index (χ0v) is 19.1. The van der Waals surface area contributed by atoms with Gasteiger partial charge < -0.3 is 18.9 Å². The van der Waals surface area contributed by atoms with Gasteiger partial charge in [-0.15, -0.1) is 0 Å². The maximum atomic E-state index is 12.4. The van der Waals surface area contributed by atoms with Crippen LogP contribution in [0.3, 0.4) is 0 Å². The number of esters is 3. The fraction of sp³-hybridized carbons (Fsp3) is 0.545. The van der Waals surface area contributed by atoms with Gasteiger partial charge in [-0.25, -0.2) is 4.79 Å². The summed E-state index contributed by atoms with van der Waals surface area (Å²) in [7, 11) is 2.44. The Morgan fingerprint density at radius 2 is 1.71 bits per heavy atom. The van der Waals surface area contributed by atoms with Gasteiger partial charge in [-0.05, 0) is 44.9 Å². The van der Waals surface area contributed by atoms with Crippen LogP contribution in [-0.2, 0) is 33.3 Å². The average molecular weight is 437 g/mol. The van der Waals surface area contributed by atoms with E-state index in [2.05, 4.69) is 5.32 Å². The summed E-state index contributed by atoms with van der Waals surface area (Å²) < 4.78 is 20.0. The van der Waals surface area contributed by atoms with Gasteiger partial charge in [0.15, 0.2) is 0 Å². The molecular formula is C22H31NO8. The minimum absolute atomic E-state index is 0.135. The van der Waals surface area contributed by atoms with Gasteiger partial charge >= 0.3 is 24.0 Å². The summed E-state index contributed by atoms with van der Waals surface area (Å²) in [5.41, 5.74) is 1.20. The summed E-state index contributed by atoms with van der Waals surface area (Å²) in [5.74, 6) is -3.34. The molecule has 9 heteroatoms. The molecule has 0 aliphatic heterocycles. The molecule has 172 valence electrons. The molecule has 0 aliphatic rings. The second kappa shape index (κ2) is 11.3. The first-order chi connectivity index (χ1) is 14.4. The molecule has 0 bridgehead atoms. The number of hydrogen-bond acceptors (Lipinski definition) is 8. The molecule has 1 unspecified atom stereocenters. The van der Waals surface area contributed by atoms with E-state index in [0.29, 0.717) is 16.8 Å². The number of nitrogens with one attached hydrogen (secondary N) is 1. The number of aryl methyl sites for hydroxylation is 1. The van der Waals surface area contributed by atoms with E-state index >= 15 is 0 Å². The summed E-state index contributed by atoms with van der Waals surface area (Å²) in [6, 6.07) is 5.08.